The Balaban J connectivity index is 0.00000280. The molecular weight excluding hydrogens is 380 g/mol. The number of hydrogen-bond acceptors (Lipinski definition) is 5. The molecule has 0 saturated carbocycles. The van der Waals surface area contributed by atoms with Crippen LogP contribution < -0.4 is 22.0 Å². The standard InChI is InChI=1S/C19H23N6O2.ClH/c1-5-24(6-2)15-9-7-14(8-10-15)20-21-19-17-13-16(25(26)27)11-12-18(17)22(3)23(19)4;/h7-13H,5-6H2,1-4H3;1H/q+1;/p-1. The van der Waals surface area contributed by atoms with Crippen molar-refractivity contribution in [3.63, 3.8) is 0 Å². The first kappa shape index (κ1) is 21.3. The van der Waals surface area contributed by atoms with Gasteiger partial charge in [0, 0.05) is 38.0 Å². The summed E-state index contributed by atoms with van der Waals surface area (Å²) in [6.07, 6.45) is 0. The minimum Gasteiger partial charge on any atom is -1.00 e. The molecule has 0 bridgehead atoms. The molecule has 9 heteroatoms. The molecule has 0 fully saturated rings. The van der Waals surface area contributed by atoms with Crippen LogP contribution in [0.25, 0.3) is 10.9 Å². The van der Waals surface area contributed by atoms with Gasteiger partial charge in [-0.2, -0.15) is 4.68 Å². The first-order valence-corrected chi connectivity index (χ1v) is 8.86. The maximum atomic E-state index is 11.1. The molecule has 0 aliphatic heterocycles. The van der Waals surface area contributed by atoms with Gasteiger partial charge in [-0.05, 0) is 49.3 Å². The predicted octanol–water partition coefficient (Wildman–Crippen LogP) is 1.18. The van der Waals surface area contributed by atoms with E-state index in [2.05, 4.69) is 29.0 Å². The van der Waals surface area contributed by atoms with Crippen LogP contribution in [0.4, 0.5) is 22.9 Å². The van der Waals surface area contributed by atoms with Crippen molar-refractivity contribution in [3.8, 4) is 0 Å². The predicted molar refractivity (Wildman–Crippen MR) is 105 cm³/mol. The largest absolute Gasteiger partial charge is 1.00 e. The second kappa shape index (κ2) is 8.79. The van der Waals surface area contributed by atoms with E-state index >= 15 is 0 Å². The first-order valence-electron chi connectivity index (χ1n) is 8.86. The lowest BCUT2D eigenvalue weighted by Crippen LogP contribution is -3.00. The molecule has 1 heterocycles. The molecule has 0 unspecified atom stereocenters. The zero-order valence-corrected chi connectivity index (χ0v) is 17.1. The molecule has 0 atom stereocenters. The van der Waals surface area contributed by atoms with Crippen LogP contribution in [-0.4, -0.2) is 22.7 Å². The average Bonchev–Trinajstić information content (AvgIpc) is 2.92. The minimum atomic E-state index is -0.403. The van der Waals surface area contributed by atoms with Crippen molar-refractivity contribution < 1.29 is 22.0 Å². The molecule has 0 saturated heterocycles. The molecule has 3 rings (SSSR count). The zero-order chi connectivity index (χ0) is 19.6. The number of benzene rings is 2. The number of azo groups is 1. The van der Waals surface area contributed by atoms with E-state index in [1.165, 1.54) is 12.1 Å². The Morgan fingerprint density at radius 2 is 1.75 bits per heavy atom. The van der Waals surface area contributed by atoms with Crippen molar-refractivity contribution >= 4 is 33.8 Å². The monoisotopic (exact) mass is 402 g/mol. The van der Waals surface area contributed by atoms with Gasteiger partial charge in [-0.1, -0.05) is 0 Å². The summed E-state index contributed by atoms with van der Waals surface area (Å²) in [4.78, 5) is 12.9. The molecule has 0 N–H and O–H groups in total. The van der Waals surface area contributed by atoms with Crippen LogP contribution in [0.15, 0.2) is 52.7 Å². The van der Waals surface area contributed by atoms with E-state index in [4.69, 9.17) is 0 Å². The van der Waals surface area contributed by atoms with Gasteiger partial charge in [-0.15, -0.1) is 0 Å². The van der Waals surface area contributed by atoms with Crippen molar-refractivity contribution in [2.45, 2.75) is 13.8 Å². The molecule has 0 radical (unpaired) electrons. The fourth-order valence-corrected chi connectivity index (χ4v) is 3.12. The van der Waals surface area contributed by atoms with Crippen molar-refractivity contribution in [1.29, 1.82) is 0 Å². The van der Waals surface area contributed by atoms with E-state index in [1.54, 1.807) is 6.07 Å². The third-order valence-corrected chi connectivity index (χ3v) is 4.78. The topological polar surface area (TPSA) is 79.9 Å². The lowest BCUT2D eigenvalue weighted by molar-refractivity contribution is -0.737. The van der Waals surface area contributed by atoms with Crippen LogP contribution in [0, 0.1) is 10.1 Å². The minimum absolute atomic E-state index is 0. The number of fused-ring (bicyclic) bond motifs is 1. The number of anilines is 1. The number of hydrogen-bond donors (Lipinski definition) is 0. The van der Waals surface area contributed by atoms with Gasteiger partial charge >= 0.3 is 5.82 Å². The molecule has 3 aromatic rings. The SMILES string of the molecule is CCN(CC)c1ccc(N=Nc2c3cc([N+](=O)[O-])ccc3n(C)[n+]2C)cc1.[Cl-]. The summed E-state index contributed by atoms with van der Waals surface area (Å²) in [6.45, 7) is 6.14. The van der Waals surface area contributed by atoms with Gasteiger partial charge in [-0.25, -0.2) is 4.68 Å². The fraction of sp³-hybridized carbons (Fsp3) is 0.316. The van der Waals surface area contributed by atoms with E-state index in [0.717, 1.165) is 30.0 Å². The summed E-state index contributed by atoms with van der Waals surface area (Å²) in [6, 6.07) is 12.6. The summed E-state index contributed by atoms with van der Waals surface area (Å²) < 4.78 is 3.71. The Morgan fingerprint density at radius 1 is 1.11 bits per heavy atom. The van der Waals surface area contributed by atoms with Gasteiger partial charge in [0.15, 0.2) is 0 Å². The van der Waals surface area contributed by atoms with Crippen molar-refractivity contribution in [2.24, 2.45) is 24.3 Å². The van der Waals surface area contributed by atoms with Crippen LogP contribution >= 0.6 is 0 Å². The lowest BCUT2D eigenvalue weighted by Gasteiger charge is -2.20. The molecule has 1 aromatic heterocycles. The molecule has 0 aliphatic carbocycles. The van der Waals surface area contributed by atoms with Gasteiger partial charge in [0.25, 0.3) is 5.69 Å². The van der Waals surface area contributed by atoms with Crippen LogP contribution in [0.5, 0.6) is 0 Å². The lowest BCUT2D eigenvalue weighted by atomic mass is 10.2. The Bertz CT molecular complexity index is 1010. The summed E-state index contributed by atoms with van der Waals surface area (Å²) in [5.74, 6) is 0.573. The van der Waals surface area contributed by atoms with Gasteiger partial charge in [0.1, 0.15) is 18.1 Å². The normalized spacial score (nSPS) is 11.0. The number of nitro groups is 1. The number of aryl methyl sites for hydroxylation is 1. The summed E-state index contributed by atoms with van der Waals surface area (Å²) in [7, 11) is 3.73. The van der Waals surface area contributed by atoms with E-state index in [1.807, 2.05) is 47.7 Å². The van der Waals surface area contributed by atoms with E-state index in [9.17, 15) is 10.1 Å². The number of halogens is 1. The highest BCUT2D eigenvalue weighted by molar-refractivity contribution is 5.88. The van der Waals surface area contributed by atoms with Crippen molar-refractivity contribution in [3.05, 3.63) is 52.6 Å². The molecular formula is C19H23ClN6O2. The van der Waals surface area contributed by atoms with Crippen LogP contribution in [-0.2, 0) is 14.1 Å². The second-order valence-electron chi connectivity index (χ2n) is 6.22. The van der Waals surface area contributed by atoms with E-state index in [-0.39, 0.29) is 18.1 Å². The van der Waals surface area contributed by atoms with E-state index in [0.29, 0.717) is 11.2 Å². The summed E-state index contributed by atoms with van der Waals surface area (Å²) in [5.41, 5.74) is 2.77. The summed E-state index contributed by atoms with van der Waals surface area (Å²) >= 11 is 0. The molecule has 2 aromatic carbocycles. The number of aromatic nitrogens is 2. The maximum absolute atomic E-state index is 11.1. The Kier molecular flexibility index (Phi) is 6.69. The number of rotatable bonds is 6. The first-order chi connectivity index (χ1) is 13.0. The molecule has 8 nitrogen and oxygen atoms in total. The van der Waals surface area contributed by atoms with Crippen molar-refractivity contribution in [1.82, 2.24) is 4.68 Å². The maximum Gasteiger partial charge on any atom is 0.378 e. The third-order valence-electron chi connectivity index (χ3n) is 4.78. The molecule has 28 heavy (non-hydrogen) atoms. The van der Waals surface area contributed by atoms with Gasteiger partial charge in [-0.3, -0.25) is 10.1 Å². The van der Waals surface area contributed by atoms with Gasteiger partial charge < -0.3 is 17.3 Å². The highest BCUT2D eigenvalue weighted by Gasteiger charge is 2.22. The zero-order valence-electron chi connectivity index (χ0n) is 16.3. The third kappa shape index (κ3) is 3.96. The Hall–Kier alpha value is -3.00. The van der Waals surface area contributed by atoms with Crippen LogP contribution in [0.3, 0.4) is 0 Å². The Morgan fingerprint density at radius 3 is 2.32 bits per heavy atom. The van der Waals surface area contributed by atoms with Crippen LogP contribution in [0.1, 0.15) is 13.8 Å². The fourth-order valence-electron chi connectivity index (χ4n) is 3.12. The molecule has 148 valence electrons. The quantitative estimate of drug-likeness (QED) is 0.269. The van der Waals surface area contributed by atoms with Crippen molar-refractivity contribution in [2.75, 3.05) is 18.0 Å². The number of nitrogens with zero attached hydrogens (tertiary/aromatic N) is 6. The highest BCUT2D eigenvalue weighted by atomic mass is 35.5. The molecule has 0 amide bonds. The van der Waals surface area contributed by atoms with E-state index < -0.39 is 4.92 Å². The number of non-ortho nitro benzene ring substituents is 1. The highest BCUT2D eigenvalue weighted by Crippen LogP contribution is 2.29. The second-order valence-corrected chi connectivity index (χ2v) is 6.22. The average molecular weight is 403 g/mol. The number of nitro benzene ring substituents is 1. The smallest absolute Gasteiger partial charge is 0.378 e. The van der Waals surface area contributed by atoms with Gasteiger partial charge in [0.2, 0.25) is 0 Å². The molecule has 0 spiro atoms. The van der Waals surface area contributed by atoms with Crippen LogP contribution in [0.2, 0.25) is 0 Å². The summed E-state index contributed by atoms with van der Waals surface area (Å²) in [5, 5.41) is 20.5. The molecule has 0 aliphatic rings. The Labute approximate surface area is 169 Å². The van der Waals surface area contributed by atoms with Gasteiger partial charge in [0.05, 0.1) is 15.6 Å².